The summed E-state index contributed by atoms with van der Waals surface area (Å²) in [5.41, 5.74) is 1.82. The van der Waals surface area contributed by atoms with Crippen molar-refractivity contribution in [3.63, 3.8) is 0 Å². The lowest BCUT2D eigenvalue weighted by Gasteiger charge is -2.45. The predicted octanol–water partition coefficient (Wildman–Crippen LogP) is 4.35. The van der Waals surface area contributed by atoms with Crippen LogP contribution in [-0.2, 0) is 17.9 Å². The van der Waals surface area contributed by atoms with Crippen molar-refractivity contribution in [1.82, 2.24) is 14.8 Å². The molecule has 1 aliphatic carbocycles. The molecule has 1 N–H and O–H groups in total. The fourth-order valence-electron chi connectivity index (χ4n) is 5.38. The van der Waals surface area contributed by atoms with Crippen LogP contribution in [-0.4, -0.2) is 40.0 Å². The van der Waals surface area contributed by atoms with Crippen LogP contribution < -0.4 is 10.1 Å². The minimum atomic E-state index is -1.06. The molecule has 2 aromatic heterocycles. The van der Waals surface area contributed by atoms with Crippen molar-refractivity contribution in [1.29, 1.82) is 0 Å². The molecule has 174 valence electrons. The van der Waals surface area contributed by atoms with Crippen LogP contribution in [0.15, 0.2) is 47.1 Å². The maximum Gasteiger partial charge on any atom is 0.271 e. The zero-order valence-electron chi connectivity index (χ0n) is 19.5. The van der Waals surface area contributed by atoms with Gasteiger partial charge in [0.05, 0.1) is 32.0 Å². The number of para-hydroxylation sites is 1. The lowest BCUT2D eigenvalue weighted by molar-refractivity contribution is -0.134. The maximum atomic E-state index is 13.9. The highest BCUT2D eigenvalue weighted by Crippen LogP contribution is 2.35. The average molecular weight is 450 g/mol. The number of hydrogen-bond donors (Lipinski definition) is 1. The molecule has 0 bridgehead atoms. The van der Waals surface area contributed by atoms with E-state index in [0.29, 0.717) is 29.5 Å². The van der Waals surface area contributed by atoms with Crippen molar-refractivity contribution in [3.05, 3.63) is 53.9 Å². The van der Waals surface area contributed by atoms with E-state index in [4.69, 9.17) is 9.15 Å². The number of rotatable bonds is 5. The Bertz CT molecular complexity index is 1200. The number of carbonyl (C=O) groups excluding carboxylic acids is 2. The first-order valence-electron chi connectivity index (χ1n) is 11.7. The van der Waals surface area contributed by atoms with Crippen LogP contribution in [0.5, 0.6) is 5.75 Å². The number of carbonyl (C=O) groups is 2. The topological polar surface area (TPSA) is 76.7 Å². The van der Waals surface area contributed by atoms with Gasteiger partial charge in [-0.05, 0) is 31.7 Å². The lowest BCUT2D eigenvalue weighted by Crippen LogP contribution is -2.65. The molecule has 5 rings (SSSR count). The predicted molar refractivity (Wildman–Crippen MR) is 125 cm³/mol. The van der Waals surface area contributed by atoms with E-state index in [1.54, 1.807) is 24.3 Å². The molecule has 1 saturated carbocycles. The third-order valence-corrected chi connectivity index (χ3v) is 7.49. The molecule has 7 nitrogen and oxygen atoms in total. The monoisotopic (exact) mass is 449 g/mol. The van der Waals surface area contributed by atoms with Crippen LogP contribution in [0.1, 0.15) is 55.6 Å². The number of amides is 2. The van der Waals surface area contributed by atoms with E-state index in [-0.39, 0.29) is 24.4 Å². The van der Waals surface area contributed by atoms with Gasteiger partial charge in [0.25, 0.3) is 5.91 Å². The second kappa shape index (κ2) is 8.28. The van der Waals surface area contributed by atoms with Gasteiger partial charge in [0.2, 0.25) is 5.91 Å². The fraction of sp³-hybridized carbons (Fsp3) is 0.462. The molecular formula is C26H31N3O4. The van der Waals surface area contributed by atoms with E-state index in [1.165, 1.54) is 6.42 Å². The average Bonchev–Trinajstić information content (AvgIpc) is 3.41. The van der Waals surface area contributed by atoms with Gasteiger partial charge in [0.15, 0.2) is 5.58 Å². The summed E-state index contributed by atoms with van der Waals surface area (Å²) in [6.07, 6.45) is 6.03. The first-order chi connectivity index (χ1) is 15.9. The Hall–Kier alpha value is -3.22. The van der Waals surface area contributed by atoms with Crippen molar-refractivity contribution < 1.29 is 18.7 Å². The minimum absolute atomic E-state index is 0.111. The summed E-state index contributed by atoms with van der Waals surface area (Å²) >= 11 is 0. The molecule has 1 aliphatic heterocycles. The standard InChI is InChI=1S/C26H31N3O4/c1-17-8-4-6-10-19(17)27-25(31)26(2)16-28-20-12-13-33-23(20)14-21(28)24(30)29(26)15-18-9-5-7-11-22(18)32-3/h5,7,9,11-14,17,19H,4,6,8,10,15-16H2,1-3H3,(H,27,31)/t17-,19+,26+/m0/s1. The summed E-state index contributed by atoms with van der Waals surface area (Å²) in [4.78, 5) is 29.4. The molecule has 1 aromatic carbocycles. The molecule has 3 atom stereocenters. The Morgan fingerprint density at radius 3 is 2.82 bits per heavy atom. The van der Waals surface area contributed by atoms with Gasteiger partial charge in [0, 0.05) is 23.7 Å². The van der Waals surface area contributed by atoms with Crippen LogP contribution in [0.3, 0.4) is 0 Å². The van der Waals surface area contributed by atoms with E-state index < -0.39 is 5.54 Å². The second-order valence-electron chi connectivity index (χ2n) is 9.60. The quantitative estimate of drug-likeness (QED) is 0.628. The van der Waals surface area contributed by atoms with Gasteiger partial charge >= 0.3 is 0 Å². The van der Waals surface area contributed by atoms with Gasteiger partial charge in [-0.15, -0.1) is 0 Å². The second-order valence-corrected chi connectivity index (χ2v) is 9.60. The van der Waals surface area contributed by atoms with Crippen LogP contribution in [0.4, 0.5) is 0 Å². The number of benzene rings is 1. The van der Waals surface area contributed by atoms with E-state index >= 15 is 0 Å². The Balaban J connectivity index is 1.55. The SMILES string of the molecule is COc1ccccc1CN1C(=O)c2cc3occc3n2C[C@]1(C)C(=O)N[C@@H]1CCCC[C@@H]1C. The van der Waals surface area contributed by atoms with Gasteiger partial charge in [-0.25, -0.2) is 0 Å². The van der Waals surface area contributed by atoms with Crippen LogP contribution in [0.2, 0.25) is 0 Å². The number of nitrogens with zero attached hydrogens (tertiary/aromatic N) is 2. The number of methoxy groups -OCH3 is 1. The molecule has 1 fully saturated rings. The first-order valence-corrected chi connectivity index (χ1v) is 11.7. The fourth-order valence-corrected chi connectivity index (χ4v) is 5.38. The molecular weight excluding hydrogens is 418 g/mol. The molecule has 0 unspecified atom stereocenters. The molecule has 33 heavy (non-hydrogen) atoms. The van der Waals surface area contributed by atoms with Crippen LogP contribution >= 0.6 is 0 Å². The molecule has 2 amide bonds. The smallest absolute Gasteiger partial charge is 0.271 e. The lowest BCUT2D eigenvalue weighted by atomic mass is 9.85. The molecule has 0 spiro atoms. The molecule has 7 heteroatoms. The van der Waals surface area contributed by atoms with Gasteiger partial charge in [-0.1, -0.05) is 38.0 Å². The molecule has 3 heterocycles. The van der Waals surface area contributed by atoms with E-state index in [1.807, 2.05) is 41.8 Å². The number of nitrogens with one attached hydrogen (secondary N) is 1. The molecule has 0 radical (unpaired) electrons. The normalized spacial score (nSPS) is 25.2. The zero-order valence-corrected chi connectivity index (χ0v) is 19.5. The Kier molecular flexibility index (Phi) is 5.43. The summed E-state index contributed by atoms with van der Waals surface area (Å²) in [6, 6.07) is 11.4. The molecule has 0 saturated heterocycles. The Morgan fingerprint density at radius 1 is 1.24 bits per heavy atom. The highest BCUT2D eigenvalue weighted by atomic mass is 16.5. The van der Waals surface area contributed by atoms with Crippen molar-refractivity contribution >= 4 is 22.9 Å². The van der Waals surface area contributed by atoms with Crippen molar-refractivity contribution in [2.45, 2.75) is 64.2 Å². The number of hydrogen-bond acceptors (Lipinski definition) is 4. The molecule has 2 aliphatic rings. The zero-order chi connectivity index (χ0) is 23.2. The van der Waals surface area contributed by atoms with E-state index in [0.717, 1.165) is 30.3 Å². The van der Waals surface area contributed by atoms with Gasteiger partial charge in [-0.3, -0.25) is 9.59 Å². The van der Waals surface area contributed by atoms with E-state index in [9.17, 15) is 9.59 Å². The van der Waals surface area contributed by atoms with Gasteiger partial charge < -0.3 is 23.9 Å². The van der Waals surface area contributed by atoms with Gasteiger partial charge in [-0.2, -0.15) is 0 Å². The number of fused-ring (bicyclic) bond motifs is 3. The Morgan fingerprint density at radius 2 is 2.03 bits per heavy atom. The molecule has 3 aromatic rings. The first kappa shape index (κ1) is 21.6. The number of furan rings is 1. The summed E-state index contributed by atoms with van der Waals surface area (Å²) in [6.45, 7) is 4.71. The summed E-state index contributed by atoms with van der Waals surface area (Å²) < 4.78 is 13.0. The number of aromatic nitrogens is 1. The van der Waals surface area contributed by atoms with Crippen molar-refractivity contribution in [2.75, 3.05) is 7.11 Å². The minimum Gasteiger partial charge on any atom is -0.496 e. The highest BCUT2D eigenvalue weighted by Gasteiger charge is 2.48. The highest BCUT2D eigenvalue weighted by molar-refractivity contribution is 6.02. The third-order valence-electron chi connectivity index (χ3n) is 7.49. The van der Waals surface area contributed by atoms with Crippen molar-refractivity contribution in [2.24, 2.45) is 5.92 Å². The largest absolute Gasteiger partial charge is 0.496 e. The number of ether oxygens (including phenoxy) is 1. The maximum absolute atomic E-state index is 13.9. The van der Waals surface area contributed by atoms with Crippen LogP contribution in [0, 0.1) is 5.92 Å². The van der Waals surface area contributed by atoms with E-state index in [2.05, 4.69) is 12.2 Å². The van der Waals surface area contributed by atoms with Crippen molar-refractivity contribution in [3.8, 4) is 5.75 Å². The summed E-state index contributed by atoms with van der Waals surface area (Å²) in [5, 5.41) is 3.31. The van der Waals surface area contributed by atoms with Crippen LogP contribution in [0.25, 0.3) is 11.1 Å². The Labute approximate surface area is 193 Å². The summed E-state index contributed by atoms with van der Waals surface area (Å²) in [5.74, 6) is 0.827. The summed E-state index contributed by atoms with van der Waals surface area (Å²) in [7, 11) is 1.62. The van der Waals surface area contributed by atoms with Gasteiger partial charge in [0.1, 0.15) is 17.0 Å². The third kappa shape index (κ3) is 3.59.